The number of hydrogen-bond donors (Lipinski definition) is 2. The Kier molecular flexibility index (Phi) is 6.77. The Morgan fingerprint density at radius 3 is 2.38 bits per heavy atom. The maximum absolute atomic E-state index is 13.6. The fourth-order valence-corrected chi connectivity index (χ4v) is 6.16. The molecule has 4 aromatic rings. The van der Waals surface area contributed by atoms with Crippen LogP contribution in [-0.2, 0) is 4.79 Å². The molecule has 5 rings (SSSR count). The number of carboxylic acids is 1. The number of rotatable bonds is 6. The molecular formula is C29H32N4O3S. The Labute approximate surface area is 220 Å². The van der Waals surface area contributed by atoms with Crippen LogP contribution in [0.3, 0.4) is 0 Å². The van der Waals surface area contributed by atoms with Crippen molar-refractivity contribution in [3.05, 3.63) is 59.7 Å². The third-order valence-corrected chi connectivity index (χ3v) is 8.39. The number of aromatic nitrogens is 2. The molecule has 0 saturated heterocycles. The number of benzene rings is 1. The highest BCUT2D eigenvalue weighted by atomic mass is 32.1. The number of nitrogens with two attached hydrogens (primary N) is 1. The Hall–Kier alpha value is -3.65. The predicted molar refractivity (Wildman–Crippen MR) is 149 cm³/mol. The quantitative estimate of drug-likeness (QED) is 0.301. The van der Waals surface area contributed by atoms with Crippen molar-refractivity contribution in [1.82, 2.24) is 9.38 Å². The van der Waals surface area contributed by atoms with Gasteiger partial charge in [0.2, 0.25) is 5.91 Å². The molecule has 1 fully saturated rings. The zero-order chi connectivity index (χ0) is 26.3. The second kappa shape index (κ2) is 10.0. The fourth-order valence-electron chi connectivity index (χ4n) is 5.16. The van der Waals surface area contributed by atoms with Gasteiger partial charge in [0.05, 0.1) is 11.4 Å². The Morgan fingerprint density at radius 2 is 1.73 bits per heavy atom. The van der Waals surface area contributed by atoms with Crippen LogP contribution in [0.25, 0.3) is 27.3 Å². The molecule has 0 aliphatic heterocycles. The molecule has 0 bridgehead atoms. The van der Waals surface area contributed by atoms with E-state index in [-0.39, 0.29) is 22.7 Å². The molecule has 192 valence electrons. The first-order chi connectivity index (χ1) is 17.7. The normalized spacial score (nSPS) is 17.8. The molecule has 3 heterocycles. The number of amides is 1. The van der Waals surface area contributed by atoms with E-state index in [1.165, 1.54) is 11.3 Å². The summed E-state index contributed by atoms with van der Waals surface area (Å²) in [5, 5.41) is 10.0. The van der Waals surface area contributed by atoms with Crippen LogP contribution in [-0.4, -0.2) is 32.4 Å². The Bertz CT molecular complexity index is 1450. The van der Waals surface area contributed by atoms with Crippen molar-refractivity contribution in [2.75, 3.05) is 10.6 Å². The summed E-state index contributed by atoms with van der Waals surface area (Å²) in [6.07, 6.45) is 7.56. The number of carboxylic acid groups (broad SMARTS) is 1. The molecule has 1 saturated carbocycles. The summed E-state index contributed by atoms with van der Waals surface area (Å²) in [6, 6.07) is 13.3. The van der Waals surface area contributed by atoms with Crippen LogP contribution < -0.4 is 10.6 Å². The maximum atomic E-state index is 13.6. The average Bonchev–Trinajstić information content (AvgIpc) is 3.49. The maximum Gasteiger partial charge on any atom is 0.348 e. The van der Waals surface area contributed by atoms with Crippen LogP contribution >= 0.6 is 11.3 Å². The molecule has 37 heavy (non-hydrogen) atoms. The standard InChI is InChI=1S/C29H32N4O3S/c1-17(2)33(28(34)21-6-4-18(3)5-7-21)24-14-25(37-27(24)29(35)36)20-10-8-19(9-11-20)23-16-32-15-22(30)12-13-26(32)31-23/h8-18,21H,4-7,30H2,1-3H3,(H,35,36)/t18-,21-. The second-order valence-corrected chi connectivity index (χ2v) is 11.4. The van der Waals surface area contributed by atoms with Gasteiger partial charge in [0.1, 0.15) is 10.5 Å². The number of nitrogens with zero attached hydrogens (tertiary/aromatic N) is 3. The van der Waals surface area contributed by atoms with Crippen molar-refractivity contribution in [2.45, 2.75) is 52.5 Å². The highest BCUT2D eigenvalue weighted by Crippen LogP contribution is 2.40. The van der Waals surface area contributed by atoms with E-state index in [0.29, 0.717) is 17.3 Å². The topological polar surface area (TPSA) is 101 Å². The molecule has 1 aliphatic rings. The summed E-state index contributed by atoms with van der Waals surface area (Å²) in [6.45, 7) is 6.12. The molecular weight excluding hydrogens is 484 g/mol. The predicted octanol–water partition coefficient (Wildman–Crippen LogP) is 6.58. The zero-order valence-corrected chi connectivity index (χ0v) is 22.2. The van der Waals surface area contributed by atoms with E-state index in [4.69, 9.17) is 5.73 Å². The van der Waals surface area contributed by atoms with Crippen molar-refractivity contribution in [1.29, 1.82) is 0 Å². The summed E-state index contributed by atoms with van der Waals surface area (Å²) < 4.78 is 1.90. The third-order valence-electron chi connectivity index (χ3n) is 7.22. The highest BCUT2D eigenvalue weighted by Gasteiger charge is 2.33. The van der Waals surface area contributed by atoms with Crippen LogP contribution in [0, 0.1) is 11.8 Å². The molecule has 0 atom stereocenters. The van der Waals surface area contributed by atoms with Gasteiger partial charge < -0.3 is 20.1 Å². The number of hydrogen-bond acceptors (Lipinski definition) is 5. The third kappa shape index (κ3) is 4.98. The van der Waals surface area contributed by atoms with Gasteiger partial charge in [0.15, 0.2) is 0 Å². The molecule has 0 spiro atoms. The molecule has 7 nitrogen and oxygen atoms in total. The van der Waals surface area contributed by atoms with Crippen LogP contribution in [0.1, 0.15) is 56.1 Å². The van der Waals surface area contributed by atoms with Gasteiger partial charge in [0, 0.05) is 40.5 Å². The molecule has 1 aromatic carbocycles. The van der Waals surface area contributed by atoms with Crippen molar-refractivity contribution in [2.24, 2.45) is 11.8 Å². The van der Waals surface area contributed by atoms with E-state index < -0.39 is 5.97 Å². The lowest BCUT2D eigenvalue weighted by Crippen LogP contribution is -2.42. The molecule has 1 aliphatic carbocycles. The summed E-state index contributed by atoms with van der Waals surface area (Å²) in [4.78, 5) is 33.2. The van der Waals surface area contributed by atoms with Gasteiger partial charge >= 0.3 is 5.97 Å². The van der Waals surface area contributed by atoms with Crippen molar-refractivity contribution < 1.29 is 14.7 Å². The number of fused-ring (bicyclic) bond motifs is 1. The molecule has 0 radical (unpaired) electrons. The van der Waals surface area contributed by atoms with E-state index in [2.05, 4.69) is 11.9 Å². The zero-order valence-electron chi connectivity index (χ0n) is 21.3. The SMILES string of the molecule is CC(C)N(c1cc(-c2ccc(-c3cn4cc(N)ccc4n3)cc2)sc1C(=O)O)C(=O)[C@H]1CC[C@H](C)CC1. The number of carbonyl (C=O) groups is 2. The first kappa shape index (κ1) is 25.0. The van der Waals surface area contributed by atoms with Crippen LogP contribution in [0.4, 0.5) is 11.4 Å². The van der Waals surface area contributed by atoms with E-state index in [1.54, 1.807) is 4.90 Å². The monoisotopic (exact) mass is 516 g/mol. The molecule has 8 heteroatoms. The van der Waals surface area contributed by atoms with Gasteiger partial charge in [-0.05, 0) is 69.2 Å². The second-order valence-electron chi connectivity index (χ2n) is 10.3. The lowest BCUT2D eigenvalue weighted by atomic mass is 9.82. The van der Waals surface area contributed by atoms with Crippen molar-refractivity contribution in [3.63, 3.8) is 0 Å². The fraction of sp³-hybridized carbons (Fsp3) is 0.345. The van der Waals surface area contributed by atoms with Gasteiger partial charge in [0.25, 0.3) is 0 Å². The van der Waals surface area contributed by atoms with E-state index >= 15 is 0 Å². The molecule has 3 N–H and O–H groups in total. The van der Waals surface area contributed by atoms with Gasteiger partial charge in [-0.25, -0.2) is 9.78 Å². The minimum Gasteiger partial charge on any atom is -0.477 e. The molecule has 1 amide bonds. The number of anilines is 2. The van der Waals surface area contributed by atoms with E-state index in [9.17, 15) is 14.7 Å². The van der Waals surface area contributed by atoms with Crippen molar-refractivity contribution >= 4 is 40.2 Å². The summed E-state index contributed by atoms with van der Waals surface area (Å²) in [7, 11) is 0. The van der Waals surface area contributed by atoms with Gasteiger partial charge in [-0.3, -0.25) is 4.79 Å². The summed E-state index contributed by atoms with van der Waals surface area (Å²) in [5.74, 6) is -0.386. The van der Waals surface area contributed by atoms with Crippen LogP contribution in [0.15, 0.2) is 54.9 Å². The Balaban J connectivity index is 1.46. The lowest BCUT2D eigenvalue weighted by molar-refractivity contribution is -0.123. The average molecular weight is 517 g/mol. The van der Waals surface area contributed by atoms with Crippen LogP contribution in [0.2, 0.25) is 0 Å². The van der Waals surface area contributed by atoms with E-state index in [1.807, 2.05) is 73.1 Å². The number of imidazole rings is 1. The summed E-state index contributed by atoms with van der Waals surface area (Å²) >= 11 is 1.21. The molecule has 0 unspecified atom stereocenters. The number of carbonyl (C=O) groups excluding carboxylic acids is 1. The minimum absolute atomic E-state index is 0.0385. The van der Waals surface area contributed by atoms with Gasteiger partial charge in [-0.1, -0.05) is 31.2 Å². The highest BCUT2D eigenvalue weighted by molar-refractivity contribution is 7.18. The number of thiophene rings is 1. The summed E-state index contributed by atoms with van der Waals surface area (Å²) in [5.41, 5.74) is 10.5. The first-order valence-corrected chi connectivity index (χ1v) is 13.6. The largest absolute Gasteiger partial charge is 0.477 e. The van der Waals surface area contributed by atoms with Crippen molar-refractivity contribution in [3.8, 4) is 21.7 Å². The van der Waals surface area contributed by atoms with Gasteiger partial charge in [-0.15, -0.1) is 11.3 Å². The van der Waals surface area contributed by atoms with Gasteiger partial charge in [-0.2, -0.15) is 0 Å². The van der Waals surface area contributed by atoms with E-state index in [0.717, 1.165) is 53.0 Å². The molecule has 3 aromatic heterocycles. The number of pyridine rings is 1. The number of nitrogen functional groups attached to an aromatic ring is 1. The lowest BCUT2D eigenvalue weighted by Gasteiger charge is -2.33. The Morgan fingerprint density at radius 1 is 1.05 bits per heavy atom. The smallest absolute Gasteiger partial charge is 0.348 e. The first-order valence-electron chi connectivity index (χ1n) is 12.8. The minimum atomic E-state index is -1.01. The van der Waals surface area contributed by atoms with Crippen LogP contribution in [0.5, 0.6) is 0 Å². The number of aromatic carboxylic acids is 1.